The number of carbonyl (C=O) groups excluding carboxylic acids is 1. The van der Waals surface area contributed by atoms with Gasteiger partial charge in [0.2, 0.25) is 5.91 Å². The Bertz CT molecular complexity index is 983. The lowest BCUT2D eigenvalue weighted by atomic mass is 10.1. The van der Waals surface area contributed by atoms with Crippen LogP contribution in [-0.2, 0) is 11.2 Å². The van der Waals surface area contributed by atoms with Crippen molar-refractivity contribution in [2.45, 2.75) is 19.3 Å². The second-order valence-electron chi connectivity index (χ2n) is 6.44. The van der Waals surface area contributed by atoms with Crippen LogP contribution in [0.25, 0.3) is 10.9 Å². The highest BCUT2D eigenvalue weighted by atomic mass is 16.5. The quantitative estimate of drug-likeness (QED) is 0.559. The van der Waals surface area contributed by atoms with E-state index in [1.165, 1.54) is 0 Å². The molecule has 0 bridgehead atoms. The van der Waals surface area contributed by atoms with E-state index in [4.69, 9.17) is 9.47 Å². The summed E-state index contributed by atoms with van der Waals surface area (Å²) in [7, 11) is 1.59. The van der Waals surface area contributed by atoms with Gasteiger partial charge in [0.25, 0.3) is 5.56 Å². The third-order valence-corrected chi connectivity index (χ3v) is 4.41. The van der Waals surface area contributed by atoms with Crippen LogP contribution in [0.1, 0.15) is 18.4 Å². The summed E-state index contributed by atoms with van der Waals surface area (Å²) >= 11 is 0. The number of hydrogen-bond acceptors (Lipinski definition) is 4. The van der Waals surface area contributed by atoms with E-state index >= 15 is 0 Å². The molecule has 3 aromatic rings. The second kappa shape index (κ2) is 9.60. The van der Waals surface area contributed by atoms with Crippen LogP contribution in [0.2, 0.25) is 0 Å². The monoisotopic (exact) mass is 380 g/mol. The molecule has 1 heterocycles. The van der Waals surface area contributed by atoms with Crippen LogP contribution in [0.5, 0.6) is 11.5 Å². The molecule has 0 aliphatic heterocycles. The number of H-pyrrole nitrogens is 1. The Morgan fingerprint density at radius 2 is 1.89 bits per heavy atom. The summed E-state index contributed by atoms with van der Waals surface area (Å²) in [4.78, 5) is 27.0. The van der Waals surface area contributed by atoms with Crippen LogP contribution >= 0.6 is 0 Å². The maximum Gasteiger partial charge on any atom is 0.251 e. The fourth-order valence-corrected chi connectivity index (χ4v) is 2.90. The van der Waals surface area contributed by atoms with Crippen molar-refractivity contribution in [2.24, 2.45) is 0 Å². The molecule has 28 heavy (non-hydrogen) atoms. The van der Waals surface area contributed by atoms with Gasteiger partial charge in [-0.3, -0.25) is 9.59 Å². The van der Waals surface area contributed by atoms with Gasteiger partial charge >= 0.3 is 0 Å². The molecule has 6 heteroatoms. The zero-order valence-corrected chi connectivity index (χ0v) is 15.9. The molecule has 0 atom stereocenters. The molecule has 0 saturated heterocycles. The Labute approximate surface area is 163 Å². The highest BCUT2D eigenvalue weighted by molar-refractivity contribution is 5.80. The van der Waals surface area contributed by atoms with Crippen molar-refractivity contribution in [2.75, 3.05) is 20.3 Å². The Hall–Kier alpha value is -3.28. The fraction of sp³-hybridized carbons (Fsp3) is 0.273. The summed E-state index contributed by atoms with van der Waals surface area (Å²) in [5, 5.41) is 3.79. The minimum Gasteiger partial charge on any atom is -0.497 e. The predicted octanol–water partition coefficient (Wildman–Crippen LogP) is 3.05. The molecule has 2 N–H and O–H groups in total. The lowest BCUT2D eigenvalue weighted by Gasteiger charge is -2.08. The number of rotatable bonds is 9. The molecule has 146 valence electrons. The number of para-hydroxylation sites is 1. The van der Waals surface area contributed by atoms with Crippen LogP contribution in [0, 0.1) is 0 Å². The Morgan fingerprint density at radius 1 is 1.07 bits per heavy atom. The van der Waals surface area contributed by atoms with Crippen molar-refractivity contribution in [1.29, 1.82) is 0 Å². The van der Waals surface area contributed by atoms with Gasteiger partial charge in [0.1, 0.15) is 11.5 Å². The molecule has 6 nitrogen and oxygen atoms in total. The average Bonchev–Trinajstić information content (AvgIpc) is 2.72. The van der Waals surface area contributed by atoms with Gasteiger partial charge in [0.05, 0.1) is 19.2 Å². The molecule has 2 aromatic carbocycles. The maximum atomic E-state index is 12.2. The number of pyridine rings is 1. The van der Waals surface area contributed by atoms with Gasteiger partial charge in [-0.1, -0.05) is 18.2 Å². The summed E-state index contributed by atoms with van der Waals surface area (Å²) in [6.45, 7) is 0.911. The zero-order chi connectivity index (χ0) is 19.8. The number of aromatic amines is 1. The molecular weight excluding hydrogens is 356 g/mol. The third kappa shape index (κ3) is 5.36. The van der Waals surface area contributed by atoms with E-state index in [-0.39, 0.29) is 11.5 Å². The van der Waals surface area contributed by atoms with E-state index in [2.05, 4.69) is 10.3 Å². The Balaban J connectivity index is 1.43. The first-order chi connectivity index (χ1) is 13.7. The van der Waals surface area contributed by atoms with Gasteiger partial charge in [-0.25, -0.2) is 0 Å². The molecule has 0 spiro atoms. The molecule has 0 radical (unpaired) electrons. The van der Waals surface area contributed by atoms with Gasteiger partial charge < -0.3 is 19.8 Å². The van der Waals surface area contributed by atoms with Crippen LogP contribution in [-0.4, -0.2) is 31.2 Å². The molecule has 0 fully saturated rings. The maximum absolute atomic E-state index is 12.2. The first kappa shape index (κ1) is 19.5. The summed E-state index contributed by atoms with van der Waals surface area (Å²) < 4.78 is 10.7. The molecule has 0 aliphatic carbocycles. The van der Waals surface area contributed by atoms with Crippen molar-refractivity contribution < 1.29 is 14.3 Å². The molecule has 0 saturated carbocycles. The molecule has 1 amide bonds. The van der Waals surface area contributed by atoms with Crippen LogP contribution in [0.4, 0.5) is 0 Å². The predicted molar refractivity (Wildman–Crippen MR) is 109 cm³/mol. The first-order valence-corrected chi connectivity index (χ1v) is 9.30. The summed E-state index contributed by atoms with van der Waals surface area (Å²) in [5.41, 5.74) is 1.23. The van der Waals surface area contributed by atoms with Crippen molar-refractivity contribution >= 4 is 16.8 Å². The fourth-order valence-electron chi connectivity index (χ4n) is 2.90. The number of aromatic nitrogens is 1. The third-order valence-electron chi connectivity index (χ3n) is 4.41. The van der Waals surface area contributed by atoms with Crippen molar-refractivity contribution in [3.05, 3.63) is 70.5 Å². The van der Waals surface area contributed by atoms with Crippen molar-refractivity contribution in [1.82, 2.24) is 10.3 Å². The van der Waals surface area contributed by atoms with E-state index in [9.17, 15) is 9.59 Å². The largest absolute Gasteiger partial charge is 0.497 e. The Kier molecular flexibility index (Phi) is 6.68. The number of carbonyl (C=O) groups is 1. The van der Waals surface area contributed by atoms with E-state index in [0.29, 0.717) is 43.7 Å². The minimum absolute atomic E-state index is 0.0429. The SMILES string of the molecule is COc1ccc2cc(CCNC(=O)CCCOc3ccccc3)c(=O)[nH]c2c1. The number of amides is 1. The second-order valence-corrected chi connectivity index (χ2v) is 6.44. The number of nitrogens with one attached hydrogen (secondary N) is 2. The molecule has 0 unspecified atom stereocenters. The molecular formula is C22H24N2O4. The summed E-state index contributed by atoms with van der Waals surface area (Å²) in [6.07, 6.45) is 1.50. The minimum atomic E-state index is -0.147. The van der Waals surface area contributed by atoms with Gasteiger partial charge in [0, 0.05) is 24.6 Å². The lowest BCUT2D eigenvalue weighted by Crippen LogP contribution is -2.27. The number of fused-ring (bicyclic) bond motifs is 1. The zero-order valence-electron chi connectivity index (χ0n) is 15.9. The number of methoxy groups -OCH3 is 1. The number of hydrogen-bond donors (Lipinski definition) is 2. The topological polar surface area (TPSA) is 80.4 Å². The van der Waals surface area contributed by atoms with Crippen LogP contribution in [0.15, 0.2) is 59.4 Å². The molecule has 1 aromatic heterocycles. The van der Waals surface area contributed by atoms with E-state index in [0.717, 1.165) is 16.7 Å². The number of ether oxygens (including phenoxy) is 2. The lowest BCUT2D eigenvalue weighted by molar-refractivity contribution is -0.121. The molecule has 0 aliphatic rings. The highest BCUT2D eigenvalue weighted by Gasteiger charge is 2.06. The van der Waals surface area contributed by atoms with Gasteiger partial charge in [0.15, 0.2) is 0 Å². The summed E-state index contributed by atoms with van der Waals surface area (Å²) in [6, 6.07) is 16.9. The van der Waals surface area contributed by atoms with Crippen LogP contribution < -0.4 is 20.3 Å². The highest BCUT2D eigenvalue weighted by Crippen LogP contribution is 2.18. The first-order valence-electron chi connectivity index (χ1n) is 9.30. The van der Waals surface area contributed by atoms with Crippen LogP contribution in [0.3, 0.4) is 0 Å². The van der Waals surface area contributed by atoms with E-state index in [1.54, 1.807) is 13.2 Å². The van der Waals surface area contributed by atoms with Gasteiger partial charge in [-0.2, -0.15) is 0 Å². The number of benzene rings is 2. The van der Waals surface area contributed by atoms with Gasteiger partial charge in [-0.05, 0) is 48.6 Å². The normalized spacial score (nSPS) is 10.6. The van der Waals surface area contributed by atoms with Crippen molar-refractivity contribution in [3.8, 4) is 11.5 Å². The van der Waals surface area contributed by atoms with E-state index < -0.39 is 0 Å². The standard InChI is InChI=1S/C22H24N2O4/c1-27-19-10-9-16-14-17(22(26)24-20(16)15-19)11-12-23-21(25)8-5-13-28-18-6-3-2-4-7-18/h2-4,6-7,9-10,14-15H,5,8,11-13H2,1H3,(H,23,25)(H,24,26). The van der Waals surface area contributed by atoms with E-state index in [1.807, 2.05) is 48.5 Å². The Morgan fingerprint density at radius 3 is 2.68 bits per heavy atom. The smallest absolute Gasteiger partial charge is 0.251 e. The average molecular weight is 380 g/mol. The van der Waals surface area contributed by atoms with Gasteiger partial charge in [-0.15, -0.1) is 0 Å². The van der Waals surface area contributed by atoms with Crippen molar-refractivity contribution in [3.63, 3.8) is 0 Å². The summed E-state index contributed by atoms with van der Waals surface area (Å²) in [5.74, 6) is 1.45. The molecule has 3 rings (SSSR count).